The fourth-order valence-corrected chi connectivity index (χ4v) is 2.00. The summed E-state index contributed by atoms with van der Waals surface area (Å²) in [6, 6.07) is 3.38. The first-order chi connectivity index (χ1) is 9.24. The Labute approximate surface area is 119 Å². The number of carbonyl (C=O) groups is 3. The Morgan fingerprint density at radius 1 is 1.45 bits per heavy atom. The minimum Gasteiger partial charge on any atom is -0.479 e. The quantitative estimate of drug-likeness (QED) is 0.673. The number of aliphatic hydroxyl groups is 1. The number of carboxylic acids is 1. The topological polar surface area (TPSA) is 107 Å². The van der Waals surface area contributed by atoms with Gasteiger partial charge in [0.05, 0.1) is 18.0 Å². The lowest BCUT2D eigenvalue weighted by Crippen LogP contribution is -2.48. The van der Waals surface area contributed by atoms with Crippen LogP contribution in [0.25, 0.3) is 0 Å². The Morgan fingerprint density at radius 2 is 2.10 bits per heavy atom. The first kappa shape index (κ1) is 16.1. The van der Waals surface area contributed by atoms with E-state index in [-0.39, 0.29) is 12.5 Å². The molecule has 7 nitrogen and oxygen atoms in total. The highest BCUT2D eigenvalue weighted by atomic mass is 32.1. The molecule has 2 amide bonds. The zero-order valence-corrected chi connectivity index (χ0v) is 11.9. The number of nitrogens with zero attached hydrogens (tertiary/aromatic N) is 1. The molecule has 1 aromatic heterocycles. The molecule has 0 aliphatic rings. The summed E-state index contributed by atoms with van der Waals surface area (Å²) in [4.78, 5) is 35.8. The lowest BCUT2D eigenvalue weighted by atomic mass is 10.1. The zero-order valence-electron chi connectivity index (χ0n) is 11.1. The Balaban J connectivity index is 2.47. The fourth-order valence-electron chi connectivity index (χ4n) is 1.28. The van der Waals surface area contributed by atoms with E-state index in [1.54, 1.807) is 17.5 Å². The molecule has 1 aromatic rings. The van der Waals surface area contributed by atoms with Crippen molar-refractivity contribution in [1.82, 2.24) is 10.2 Å². The maximum atomic E-state index is 11.9. The van der Waals surface area contributed by atoms with Gasteiger partial charge in [0.25, 0.3) is 5.91 Å². The summed E-state index contributed by atoms with van der Waals surface area (Å²) in [6.45, 7) is 0.435. The van der Waals surface area contributed by atoms with Crippen LogP contribution in [0.3, 0.4) is 0 Å². The van der Waals surface area contributed by atoms with Gasteiger partial charge in [-0.05, 0) is 18.4 Å². The van der Waals surface area contributed by atoms with Gasteiger partial charge in [-0.3, -0.25) is 9.59 Å². The highest BCUT2D eigenvalue weighted by molar-refractivity contribution is 7.12. The van der Waals surface area contributed by atoms with Crippen molar-refractivity contribution in [3.05, 3.63) is 22.4 Å². The number of rotatable bonds is 6. The van der Waals surface area contributed by atoms with Gasteiger partial charge in [-0.1, -0.05) is 6.07 Å². The summed E-state index contributed by atoms with van der Waals surface area (Å²) in [6.07, 6.45) is 0. The summed E-state index contributed by atoms with van der Waals surface area (Å²) >= 11 is 1.27. The average Bonchev–Trinajstić information content (AvgIpc) is 2.89. The maximum absolute atomic E-state index is 11.9. The summed E-state index contributed by atoms with van der Waals surface area (Å²) in [5.74, 6) is -2.26. The van der Waals surface area contributed by atoms with Gasteiger partial charge in [0, 0.05) is 7.05 Å². The van der Waals surface area contributed by atoms with E-state index in [0.717, 1.165) is 6.92 Å². The number of nitrogens with one attached hydrogen (secondary N) is 1. The van der Waals surface area contributed by atoms with Gasteiger partial charge in [-0.15, -0.1) is 11.3 Å². The van der Waals surface area contributed by atoms with E-state index in [9.17, 15) is 19.5 Å². The molecule has 0 saturated heterocycles. The minimum atomic E-state index is -2.04. The van der Waals surface area contributed by atoms with Gasteiger partial charge in [0.15, 0.2) is 5.60 Å². The van der Waals surface area contributed by atoms with Crippen molar-refractivity contribution in [2.45, 2.75) is 12.5 Å². The summed E-state index contributed by atoms with van der Waals surface area (Å²) < 4.78 is 0. The summed E-state index contributed by atoms with van der Waals surface area (Å²) in [5, 5.41) is 22.2. The minimum absolute atomic E-state index is 0.216. The van der Waals surface area contributed by atoms with Crippen LogP contribution in [0.2, 0.25) is 0 Å². The SMILES string of the molecule is CN(CC(=O)NCC(C)(O)C(=O)O)C(=O)c1cccs1. The average molecular weight is 300 g/mol. The Hall–Kier alpha value is -1.93. The molecular formula is C12H16N2O5S. The molecule has 1 unspecified atom stereocenters. The molecule has 0 spiro atoms. The van der Waals surface area contributed by atoms with Crippen molar-refractivity contribution in [3.63, 3.8) is 0 Å². The van der Waals surface area contributed by atoms with Crippen LogP contribution in [0.15, 0.2) is 17.5 Å². The van der Waals surface area contributed by atoms with Gasteiger partial charge in [-0.25, -0.2) is 4.79 Å². The molecule has 20 heavy (non-hydrogen) atoms. The third-order valence-electron chi connectivity index (χ3n) is 2.55. The van der Waals surface area contributed by atoms with E-state index in [4.69, 9.17) is 5.11 Å². The number of carboxylic acid groups (broad SMARTS) is 1. The van der Waals surface area contributed by atoms with Crippen LogP contribution < -0.4 is 5.32 Å². The predicted molar refractivity (Wildman–Crippen MR) is 72.5 cm³/mol. The maximum Gasteiger partial charge on any atom is 0.337 e. The van der Waals surface area contributed by atoms with Crippen LogP contribution in [0.5, 0.6) is 0 Å². The van der Waals surface area contributed by atoms with Crippen LogP contribution in [0.4, 0.5) is 0 Å². The first-order valence-electron chi connectivity index (χ1n) is 5.75. The smallest absolute Gasteiger partial charge is 0.337 e. The lowest BCUT2D eigenvalue weighted by molar-refractivity contribution is -0.156. The molecule has 1 rings (SSSR count). The number of thiophene rings is 1. The molecule has 0 fully saturated rings. The molecular weight excluding hydrogens is 284 g/mol. The van der Waals surface area contributed by atoms with Gasteiger partial charge in [0.1, 0.15) is 0 Å². The monoisotopic (exact) mass is 300 g/mol. The normalized spacial score (nSPS) is 13.3. The van der Waals surface area contributed by atoms with Crippen molar-refractivity contribution in [1.29, 1.82) is 0 Å². The number of carbonyl (C=O) groups excluding carboxylic acids is 2. The molecule has 0 aliphatic carbocycles. The Morgan fingerprint density at radius 3 is 2.60 bits per heavy atom. The van der Waals surface area contributed by atoms with Crippen molar-refractivity contribution in [3.8, 4) is 0 Å². The van der Waals surface area contributed by atoms with Crippen LogP contribution in [0.1, 0.15) is 16.6 Å². The molecule has 0 aromatic carbocycles. The molecule has 0 saturated carbocycles. The van der Waals surface area contributed by atoms with Crippen molar-refractivity contribution < 1.29 is 24.6 Å². The van der Waals surface area contributed by atoms with Crippen molar-refractivity contribution >= 4 is 29.1 Å². The molecule has 1 heterocycles. The number of likely N-dealkylation sites (N-methyl/N-ethyl adjacent to an activating group) is 1. The number of hydrogen-bond acceptors (Lipinski definition) is 5. The first-order valence-corrected chi connectivity index (χ1v) is 6.63. The Bertz CT molecular complexity index is 498. The molecule has 3 N–H and O–H groups in total. The number of aliphatic carboxylic acids is 1. The summed E-state index contributed by atoms with van der Waals surface area (Å²) in [5.41, 5.74) is -2.04. The molecule has 110 valence electrons. The summed E-state index contributed by atoms with van der Waals surface area (Å²) in [7, 11) is 1.47. The van der Waals surface area contributed by atoms with E-state index in [2.05, 4.69) is 5.32 Å². The van der Waals surface area contributed by atoms with E-state index in [1.165, 1.54) is 23.3 Å². The second kappa shape index (κ2) is 6.49. The highest BCUT2D eigenvalue weighted by Crippen LogP contribution is 2.10. The van der Waals surface area contributed by atoms with Crippen molar-refractivity contribution in [2.24, 2.45) is 0 Å². The molecule has 0 radical (unpaired) electrons. The zero-order chi connectivity index (χ0) is 15.3. The van der Waals surface area contributed by atoms with Gasteiger partial charge < -0.3 is 20.4 Å². The van der Waals surface area contributed by atoms with Crippen LogP contribution >= 0.6 is 11.3 Å². The second-order valence-electron chi connectivity index (χ2n) is 4.49. The fraction of sp³-hybridized carbons (Fsp3) is 0.417. The predicted octanol–water partition coefficient (Wildman–Crippen LogP) is -0.228. The molecule has 0 aliphatic heterocycles. The second-order valence-corrected chi connectivity index (χ2v) is 5.44. The van der Waals surface area contributed by atoms with Gasteiger partial charge in [-0.2, -0.15) is 0 Å². The largest absolute Gasteiger partial charge is 0.479 e. The van der Waals surface area contributed by atoms with Crippen LogP contribution in [0, 0.1) is 0 Å². The molecule has 1 atom stereocenters. The van der Waals surface area contributed by atoms with Crippen molar-refractivity contribution in [2.75, 3.05) is 20.1 Å². The van der Waals surface area contributed by atoms with Crippen LogP contribution in [-0.4, -0.2) is 58.6 Å². The van der Waals surface area contributed by atoms with Gasteiger partial charge >= 0.3 is 5.97 Å². The lowest BCUT2D eigenvalue weighted by Gasteiger charge is -2.20. The molecule has 8 heteroatoms. The van der Waals surface area contributed by atoms with Crippen LogP contribution in [-0.2, 0) is 9.59 Å². The third kappa shape index (κ3) is 4.32. The number of amides is 2. The van der Waals surface area contributed by atoms with E-state index in [1.807, 2.05) is 0 Å². The highest BCUT2D eigenvalue weighted by Gasteiger charge is 2.30. The van der Waals surface area contributed by atoms with E-state index >= 15 is 0 Å². The third-order valence-corrected chi connectivity index (χ3v) is 3.41. The van der Waals surface area contributed by atoms with E-state index < -0.39 is 24.0 Å². The molecule has 0 bridgehead atoms. The standard InChI is InChI=1S/C12H16N2O5S/c1-12(19,11(17)18)7-13-9(15)6-14(2)10(16)8-4-3-5-20-8/h3-5,19H,6-7H2,1-2H3,(H,13,15)(H,17,18). The van der Waals surface area contributed by atoms with E-state index in [0.29, 0.717) is 4.88 Å². The number of hydrogen-bond donors (Lipinski definition) is 3. The Kier molecular flexibility index (Phi) is 5.23. The van der Waals surface area contributed by atoms with Gasteiger partial charge in [0.2, 0.25) is 5.91 Å².